The molecular weight excluding hydrogens is 343 g/mol. The van der Waals surface area contributed by atoms with Crippen molar-refractivity contribution in [3.8, 4) is 0 Å². The number of fused-ring (bicyclic) bond motifs is 1. The van der Waals surface area contributed by atoms with E-state index in [1.165, 1.54) is 12.1 Å². The highest BCUT2D eigenvalue weighted by Crippen LogP contribution is 2.19. The van der Waals surface area contributed by atoms with Gasteiger partial charge in [0.2, 0.25) is 0 Å². The molecule has 0 bridgehead atoms. The minimum Gasteiger partial charge on any atom is -0.350 e. The SMILES string of the molecule is Cc1nc2ccc(C(=O)NCC(c3ccc(F)cc3)N(C)C)cc2nc1C. The normalized spacial score (nSPS) is 12.4. The first-order valence-electron chi connectivity index (χ1n) is 8.80. The molecule has 0 saturated carbocycles. The van der Waals surface area contributed by atoms with E-state index in [-0.39, 0.29) is 17.8 Å². The van der Waals surface area contributed by atoms with Crippen LogP contribution >= 0.6 is 0 Å². The first-order chi connectivity index (χ1) is 12.8. The summed E-state index contributed by atoms with van der Waals surface area (Å²) in [6, 6.07) is 11.6. The average molecular weight is 366 g/mol. The second-order valence-corrected chi connectivity index (χ2v) is 6.84. The van der Waals surface area contributed by atoms with E-state index in [9.17, 15) is 9.18 Å². The summed E-state index contributed by atoms with van der Waals surface area (Å²) < 4.78 is 13.2. The predicted molar refractivity (Wildman–Crippen MR) is 104 cm³/mol. The van der Waals surface area contributed by atoms with Crippen molar-refractivity contribution in [1.82, 2.24) is 20.2 Å². The fourth-order valence-electron chi connectivity index (χ4n) is 2.95. The van der Waals surface area contributed by atoms with Crippen LogP contribution in [0.25, 0.3) is 11.0 Å². The zero-order valence-corrected chi connectivity index (χ0v) is 16.0. The molecule has 1 N–H and O–H groups in total. The Balaban J connectivity index is 1.76. The third kappa shape index (κ3) is 4.28. The molecule has 0 saturated heterocycles. The van der Waals surface area contributed by atoms with Crippen LogP contribution in [0.15, 0.2) is 42.5 Å². The van der Waals surface area contributed by atoms with Gasteiger partial charge in [0, 0.05) is 12.1 Å². The average Bonchev–Trinajstić information content (AvgIpc) is 2.63. The minimum atomic E-state index is -0.275. The van der Waals surface area contributed by atoms with Crippen molar-refractivity contribution in [3.63, 3.8) is 0 Å². The van der Waals surface area contributed by atoms with Crippen molar-refractivity contribution >= 4 is 16.9 Å². The zero-order valence-electron chi connectivity index (χ0n) is 16.0. The number of nitrogens with zero attached hydrogens (tertiary/aromatic N) is 3. The van der Waals surface area contributed by atoms with Gasteiger partial charge in [-0.15, -0.1) is 0 Å². The van der Waals surface area contributed by atoms with Crippen LogP contribution in [0.1, 0.15) is 33.4 Å². The smallest absolute Gasteiger partial charge is 0.251 e. The molecule has 0 fully saturated rings. The van der Waals surface area contributed by atoms with E-state index in [1.807, 2.05) is 38.9 Å². The van der Waals surface area contributed by atoms with Crippen molar-refractivity contribution < 1.29 is 9.18 Å². The molecule has 5 nitrogen and oxygen atoms in total. The Morgan fingerprint density at radius 3 is 2.30 bits per heavy atom. The number of halogens is 1. The molecule has 2 aromatic carbocycles. The lowest BCUT2D eigenvalue weighted by Gasteiger charge is -2.25. The number of hydrogen-bond donors (Lipinski definition) is 1. The van der Waals surface area contributed by atoms with Crippen LogP contribution in [0.3, 0.4) is 0 Å². The minimum absolute atomic E-state index is 0.0558. The van der Waals surface area contributed by atoms with E-state index in [1.54, 1.807) is 24.3 Å². The highest BCUT2D eigenvalue weighted by atomic mass is 19.1. The number of carbonyl (C=O) groups is 1. The number of likely N-dealkylation sites (N-methyl/N-ethyl adjacent to an activating group) is 1. The third-order valence-electron chi connectivity index (χ3n) is 4.67. The quantitative estimate of drug-likeness (QED) is 0.752. The van der Waals surface area contributed by atoms with E-state index in [4.69, 9.17) is 0 Å². The van der Waals surface area contributed by atoms with Crippen molar-refractivity contribution in [2.24, 2.45) is 0 Å². The fourth-order valence-corrected chi connectivity index (χ4v) is 2.95. The number of amides is 1. The van der Waals surface area contributed by atoms with Crippen molar-refractivity contribution in [2.75, 3.05) is 20.6 Å². The Bertz CT molecular complexity index is 970. The number of aromatic nitrogens is 2. The lowest BCUT2D eigenvalue weighted by atomic mass is 10.1. The van der Waals surface area contributed by atoms with E-state index < -0.39 is 0 Å². The summed E-state index contributed by atoms with van der Waals surface area (Å²) in [4.78, 5) is 23.6. The van der Waals surface area contributed by atoms with Gasteiger partial charge in [0.05, 0.1) is 28.5 Å². The Hall–Kier alpha value is -2.86. The lowest BCUT2D eigenvalue weighted by Crippen LogP contribution is -2.34. The van der Waals surface area contributed by atoms with Crippen LogP contribution in [0.2, 0.25) is 0 Å². The van der Waals surface area contributed by atoms with Crippen LogP contribution in [0.4, 0.5) is 4.39 Å². The summed E-state index contributed by atoms with van der Waals surface area (Å²) in [5.41, 5.74) is 4.69. The van der Waals surface area contributed by atoms with Gasteiger partial charge in [0.15, 0.2) is 0 Å². The molecule has 1 unspecified atom stereocenters. The summed E-state index contributed by atoms with van der Waals surface area (Å²) in [5, 5.41) is 2.96. The molecule has 3 aromatic rings. The largest absolute Gasteiger partial charge is 0.350 e. The summed E-state index contributed by atoms with van der Waals surface area (Å²) in [6.07, 6.45) is 0. The van der Waals surface area contributed by atoms with Crippen molar-refractivity contribution in [3.05, 3.63) is 70.8 Å². The zero-order chi connectivity index (χ0) is 19.6. The number of hydrogen-bond acceptors (Lipinski definition) is 4. The Labute approximate surface area is 158 Å². The Kier molecular flexibility index (Phi) is 5.46. The standard InChI is InChI=1S/C21H23FN4O/c1-13-14(2)25-19-11-16(7-10-18(19)24-13)21(27)23-12-20(26(3)4)15-5-8-17(22)9-6-15/h5-11,20H,12H2,1-4H3,(H,23,27). The predicted octanol–water partition coefficient (Wildman–Crippen LogP) is 3.42. The molecule has 1 heterocycles. The summed E-state index contributed by atoms with van der Waals surface area (Å²) in [6.45, 7) is 4.23. The third-order valence-corrected chi connectivity index (χ3v) is 4.67. The number of rotatable bonds is 5. The summed E-state index contributed by atoms with van der Waals surface area (Å²) >= 11 is 0. The molecule has 27 heavy (non-hydrogen) atoms. The van der Waals surface area contributed by atoms with Crippen molar-refractivity contribution in [2.45, 2.75) is 19.9 Å². The lowest BCUT2D eigenvalue weighted by molar-refractivity contribution is 0.0942. The first kappa shape index (κ1) is 18.9. The molecule has 0 spiro atoms. The number of aryl methyl sites for hydroxylation is 2. The molecule has 1 amide bonds. The van der Waals surface area contributed by atoms with Gasteiger partial charge in [-0.2, -0.15) is 0 Å². The first-order valence-corrected chi connectivity index (χ1v) is 8.80. The van der Waals surface area contributed by atoms with Gasteiger partial charge in [-0.1, -0.05) is 12.1 Å². The van der Waals surface area contributed by atoms with E-state index >= 15 is 0 Å². The molecule has 0 aliphatic heterocycles. The number of benzene rings is 2. The number of carbonyl (C=O) groups excluding carboxylic acids is 1. The van der Waals surface area contributed by atoms with E-state index in [0.29, 0.717) is 17.6 Å². The van der Waals surface area contributed by atoms with Crippen molar-refractivity contribution in [1.29, 1.82) is 0 Å². The summed E-state index contributed by atoms with van der Waals surface area (Å²) in [7, 11) is 3.85. The monoisotopic (exact) mass is 366 g/mol. The molecule has 3 rings (SSSR count). The maximum Gasteiger partial charge on any atom is 0.251 e. The van der Waals surface area contributed by atoms with Crippen LogP contribution in [0.5, 0.6) is 0 Å². The van der Waals surface area contributed by atoms with Gasteiger partial charge < -0.3 is 10.2 Å². The molecule has 0 aliphatic carbocycles. The van der Waals surface area contributed by atoms with Crippen LogP contribution in [-0.2, 0) is 0 Å². The Morgan fingerprint density at radius 2 is 1.67 bits per heavy atom. The molecule has 140 valence electrons. The Morgan fingerprint density at radius 1 is 1.04 bits per heavy atom. The summed E-state index contributed by atoms with van der Waals surface area (Å²) in [5.74, 6) is -0.450. The van der Waals surface area contributed by atoms with Gasteiger partial charge >= 0.3 is 0 Å². The second-order valence-electron chi connectivity index (χ2n) is 6.84. The molecular formula is C21H23FN4O. The van der Waals surface area contributed by atoms with Gasteiger partial charge in [-0.3, -0.25) is 4.79 Å². The molecule has 0 aliphatic rings. The topological polar surface area (TPSA) is 58.1 Å². The van der Waals surface area contributed by atoms with Gasteiger partial charge in [0.25, 0.3) is 5.91 Å². The van der Waals surface area contributed by atoms with E-state index in [0.717, 1.165) is 22.5 Å². The highest BCUT2D eigenvalue weighted by molar-refractivity contribution is 5.97. The maximum atomic E-state index is 13.2. The van der Waals surface area contributed by atoms with Gasteiger partial charge in [0.1, 0.15) is 5.82 Å². The van der Waals surface area contributed by atoms with Crippen LogP contribution < -0.4 is 5.32 Å². The number of nitrogens with one attached hydrogen (secondary N) is 1. The van der Waals surface area contributed by atoms with Crippen LogP contribution in [0, 0.1) is 19.7 Å². The molecule has 1 atom stereocenters. The van der Waals surface area contributed by atoms with Gasteiger partial charge in [-0.25, -0.2) is 14.4 Å². The van der Waals surface area contributed by atoms with E-state index in [2.05, 4.69) is 15.3 Å². The van der Waals surface area contributed by atoms with Gasteiger partial charge in [-0.05, 0) is 63.8 Å². The molecule has 1 aromatic heterocycles. The molecule has 0 radical (unpaired) electrons. The maximum absolute atomic E-state index is 13.2. The highest BCUT2D eigenvalue weighted by Gasteiger charge is 2.16. The van der Waals surface area contributed by atoms with Crippen LogP contribution in [-0.4, -0.2) is 41.4 Å². The molecule has 6 heteroatoms. The second kappa shape index (κ2) is 7.80. The fraction of sp³-hybridized carbons (Fsp3) is 0.286.